The van der Waals surface area contributed by atoms with E-state index in [1.165, 1.54) is 5.56 Å². The summed E-state index contributed by atoms with van der Waals surface area (Å²) >= 11 is 0. The van der Waals surface area contributed by atoms with Gasteiger partial charge in [-0.05, 0) is 19.4 Å². The topological polar surface area (TPSA) is 21.6 Å². The maximum Gasteiger partial charge on any atom is 0.106 e. The molecule has 2 nitrogen and oxygen atoms in total. The first-order valence-electron chi connectivity index (χ1n) is 4.89. The van der Waals surface area contributed by atoms with Crippen LogP contribution in [0.4, 0.5) is 0 Å². The quantitative estimate of drug-likeness (QED) is 0.521. The second kappa shape index (κ2) is 7.13. The van der Waals surface area contributed by atoms with Gasteiger partial charge in [-0.1, -0.05) is 43.3 Å². The van der Waals surface area contributed by atoms with Crippen LogP contribution in [0, 0.1) is 6.92 Å². The van der Waals surface area contributed by atoms with Gasteiger partial charge in [0.25, 0.3) is 0 Å². The number of aryl methyl sites for hydroxylation is 1. The van der Waals surface area contributed by atoms with E-state index < -0.39 is 0 Å². The Morgan fingerprint density at radius 1 is 1.21 bits per heavy atom. The average Bonchev–Trinajstić information content (AvgIpc) is 2.22. The highest BCUT2D eigenvalue weighted by molar-refractivity contribution is 5.99. The fraction of sp³-hybridized carbons (Fsp3) is 0.417. The first kappa shape index (κ1) is 12.7. The van der Waals surface area contributed by atoms with Crippen LogP contribution in [0.15, 0.2) is 29.4 Å². The molecule has 0 unspecified atom stereocenters. The van der Waals surface area contributed by atoms with Crippen LogP contribution in [0.3, 0.4) is 0 Å². The van der Waals surface area contributed by atoms with Crippen molar-refractivity contribution < 1.29 is 4.84 Å². The van der Waals surface area contributed by atoms with Gasteiger partial charge in [-0.3, -0.25) is 0 Å². The van der Waals surface area contributed by atoms with Gasteiger partial charge in [-0.2, -0.15) is 0 Å². The fourth-order valence-electron chi connectivity index (χ4n) is 1.16. The van der Waals surface area contributed by atoms with Gasteiger partial charge in [-0.15, -0.1) is 0 Å². The van der Waals surface area contributed by atoms with E-state index in [9.17, 15) is 0 Å². The van der Waals surface area contributed by atoms with Crippen molar-refractivity contribution in [1.82, 2.24) is 0 Å². The normalized spacial score (nSPS) is 10.2. The molecule has 0 bridgehead atoms. The Hall–Kier alpha value is -1.31. The molecule has 78 valence electrons. The molecule has 1 aromatic rings. The van der Waals surface area contributed by atoms with E-state index in [1.807, 2.05) is 39.0 Å². The SMILES string of the molecule is CC.CO/N=C(\C)c1ccccc1C. The van der Waals surface area contributed by atoms with Gasteiger partial charge in [0.15, 0.2) is 0 Å². The molecular weight excluding hydrogens is 174 g/mol. The third-order valence-corrected chi connectivity index (χ3v) is 1.76. The lowest BCUT2D eigenvalue weighted by Gasteiger charge is -2.02. The largest absolute Gasteiger partial charge is 0.399 e. The summed E-state index contributed by atoms with van der Waals surface area (Å²) in [5.74, 6) is 0. The highest BCUT2D eigenvalue weighted by atomic mass is 16.6. The molecule has 0 radical (unpaired) electrons. The molecule has 2 heteroatoms. The molecule has 0 fully saturated rings. The van der Waals surface area contributed by atoms with Gasteiger partial charge in [-0.25, -0.2) is 0 Å². The standard InChI is InChI=1S/C10H13NO.C2H6/c1-8-6-4-5-7-10(8)9(2)11-12-3;1-2/h4-7H,1-3H3;1-2H3/b11-9+;. The zero-order chi connectivity index (χ0) is 11.0. The van der Waals surface area contributed by atoms with Crippen molar-refractivity contribution in [2.24, 2.45) is 5.16 Å². The molecule has 0 aliphatic heterocycles. The van der Waals surface area contributed by atoms with E-state index in [0.29, 0.717) is 0 Å². The lowest BCUT2D eigenvalue weighted by molar-refractivity contribution is 0.213. The number of rotatable bonds is 2. The summed E-state index contributed by atoms with van der Waals surface area (Å²) in [6, 6.07) is 8.10. The summed E-state index contributed by atoms with van der Waals surface area (Å²) in [5.41, 5.74) is 3.27. The van der Waals surface area contributed by atoms with Crippen molar-refractivity contribution in [2.75, 3.05) is 7.11 Å². The zero-order valence-electron chi connectivity index (χ0n) is 9.66. The van der Waals surface area contributed by atoms with E-state index in [2.05, 4.69) is 18.1 Å². The van der Waals surface area contributed by atoms with Crippen molar-refractivity contribution in [1.29, 1.82) is 0 Å². The van der Waals surface area contributed by atoms with Crippen molar-refractivity contribution in [3.63, 3.8) is 0 Å². The molecular formula is C12H19NO. The van der Waals surface area contributed by atoms with Crippen LogP contribution >= 0.6 is 0 Å². The Kier molecular flexibility index (Phi) is 6.46. The molecule has 0 heterocycles. The predicted molar refractivity (Wildman–Crippen MR) is 61.7 cm³/mol. The van der Waals surface area contributed by atoms with E-state index >= 15 is 0 Å². The number of hydrogen-bond donors (Lipinski definition) is 0. The van der Waals surface area contributed by atoms with E-state index in [4.69, 9.17) is 4.84 Å². The Bertz CT molecular complexity index is 292. The van der Waals surface area contributed by atoms with Gasteiger partial charge in [0, 0.05) is 5.56 Å². The maximum absolute atomic E-state index is 4.70. The molecule has 0 saturated carbocycles. The second-order valence-electron chi connectivity index (χ2n) is 2.67. The Morgan fingerprint density at radius 3 is 2.29 bits per heavy atom. The lowest BCUT2D eigenvalue weighted by atomic mass is 10.1. The summed E-state index contributed by atoms with van der Waals surface area (Å²) < 4.78 is 0. The Balaban J connectivity index is 0.000000791. The first-order chi connectivity index (χ1) is 6.75. The minimum Gasteiger partial charge on any atom is -0.399 e. The third kappa shape index (κ3) is 3.60. The van der Waals surface area contributed by atoms with Crippen LogP contribution in [0.2, 0.25) is 0 Å². The monoisotopic (exact) mass is 193 g/mol. The van der Waals surface area contributed by atoms with Crippen molar-refractivity contribution >= 4 is 5.71 Å². The summed E-state index contributed by atoms with van der Waals surface area (Å²) in [7, 11) is 1.56. The van der Waals surface area contributed by atoms with Gasteiger partial charge in [0.05, 0.1) is 5.71 Å². The van der Waals surface area contributed by atoms with Gasteiger partial charge in [0.1, 0.15) is 7.11 Å². The molecule has 0 N–H and O–H groups in total. The van der Waals surface area contributed by atoms with E-state index in [1.54, 1.807) is 7.11 Å². The maximum atomic E-state index is 4.70. The van der Waals surface area contributed by atoms with E-state index in [0.717, 1.165) is 11.3 Å². The minimum atomic E-state index is 0.913. The van der Waals surface area contributed by atoms with Crippen molar-refractivity contribution in [2.45, 2.75) is 27.7 Å². The number of benzene rings is 1. The average molecular weight is 193 g/mol. The number of nitrogens with zero attached hydrogens (tertiary/aromatic N) is 1. The summed E-state index contributed by atoms with van der Waals surface area (Å²) in [6.07, 6.45) is 0. The van der Waals surface area contributed by atoms with E-state index in [-0.39, 0.29) is 0 Å². The van der Waals surface area contributed by atoms with Crippen LogP contribution in [-0.2, 0) is 4.84 Å². The molecule has 0 amide bonds. The summed E-state index contributed by atoms with van der Waals surface area (Å²) in [5, 5.41) is 3.87. The predicted octanol–water partition coefficient (Wildman–Crippen LogP) is 3.39. The molecule has 0 aliphatic rings. The Labute approximate surface area is 86.6 Å². The molecule has 1 rings (SSSR count). The van der Waals surface area contributed by atoms with Gasteiger partial charge < -0.3 is 4.84 Å². The van der Waals surface area contributed by atoms with Crippen LogP contribution in [0.25, 0.3) is 0 Å². The third-order valence-electron chi connectivity index (χ3n) is 1.76. The van der Waals surface area contributed by atoms with Crippen LogP contribution in [0.1, 0.15) is 31.9 Å². The molecule has 0 atom stereocenters. The van der Waals surface area contributed by atoms with Crippen LogP contribution in [0.5, 0.6) is 0 Å². The zero-order valence-corrected chi connectivity index (χ0v) is 9.66. The summed E-state index contributed by atoms with van der Waals surface area (Å²) in [6.45, 7) is 8.00. The minimum absolute atomic E-state index is 0.913. The first-order valence-corrected chi connectivity index (χ1v) is 4.89. The van der Waals surface area contributed by atoms with Crippen LogP contribution in [-0.4, -0.2) is 12.8 Å². The van der Waals surface area contributed by atoms with Crippen LogP contribution < -0.4 is 0 Å². The molecule has 0 saturated heterocycles. The van der Waals surface area contributed by atoms with Gasteiger partial charge >= 0.3 is 0 Å². The number of hydrogen-bond acceptors (Lipinski definition) is 2. The molecule has 0 spiro atoms. The fourth-order valence-corrected chi connectivity index (χ4v) is 1.16. The second-order valence-corrected chi connectivity index (χ2v) is 2.67. The Morgan fingerprint density at radius 2 is 1.79 bits per heavy atom. The smallest absolute Gasteiger partial charge is 0.106 e. The van der Waals surface area contributed by atoms with Gasteiger partial charge in [0.2, 0.25) is 0 Å². The molecule has 1 aromatic carbocycles. The highest BCUT2D eigenvalue weighted by Crippen LogP contribution is 2.08. The summed E-state index contributed by atoms with van der Waals surface area (Å²) in [4.78, 5) is 4.70. The molecule has 0 aromatic heterocycles. The van der Waals surface area contributed by atoms with Crippen molar-refractivity contribution in [3.8, 4) is 0 Å². The lowest BCUT2D eigenvalue weighted by Crippen LogP contribution is -1.97. The number of oxime groups is 1. The highest BCUT2D eigenvalue weighted by Gasteiger charge is 1.99. The molecule has 14 heavy (non-hydrogen) atoms. The molecule has 0 aliphatic carbocycles. The van der Waals surface area contributed by atoms with Crippen molar-refractivity contribution in [3.05, 3.63) is 35.4 Å².